The van der Waals surface area contributed by atoms with Crippen LogP contribution in [0.5, 0.6) is 0 Å². The number of nitrogens with one attached hydrogen (secondary N) is 1. The summed E-state index contributed by atoms with van der Waals surface area (Å²) >= 11 is 0. The molecule has 0 atom stereocenters. The number of carbonyl (C=O) groups is 1. The molecule has 3 heteroatoms. The maximum absolute atomic E-state index is 13.4. The third kappa shape index (κ3) is 3.39. The van der Waals surface area contributed by atoms with Crippen molar-refractivity contribution in [2.75, 3.05) is 0 Å². The van der Waals surface area contributed by atoms with E-state index in [1.165, 1.54) is 0 Å². The number of rotatable bonds is 2. The van der Waals surface area contributed by atoms with Gasteiger partial charge in [-0.15, -0.1) is 0 Å². The molecule has 0 saturated heterocycles. The molecule has 2 aromatic carbocycles. The Bertz CT molecular complexity index is 938. The third-order valence-corrected chi connectivity index (χ3v) is 4.31. The predicted octanol–water partition coefficient (Wildman–Crippen LogP) is 5.59. The second-order valence-electron chi connectivity index (χ2n) is 8.82. The number of benzene rings is 2. The first-order chi connectivity index (χ1) is 12.1. The first kappa shape index (κ1) is 18.2. The quantitative estimate of drug-likeness (QED) is 0.643. The van der Waals surface area contributed by atoms with Crippen LogP contribution in [-0.4, -0.2) is 16.0 Å². The van der Waals surface area contributed by atoms with E-state index in [1.807, 2.05) is 51.1 Å². The van der Waals surface area contributed by atoms with Crippen molar-refractivity contribution in [2.45, 2.75) is 52.6 Å². The summed E-state index contributed by atoms with van der Waals surface area (Å²) in [6.45, 7) is 12.5. The Labute approximate surface area is 156 Å². The van der Waals surface area contributed by atoms with Gasteiger partial charge in [0.15, 0.2) is 0 Å². The molecule has 1 amide bonds. The van der Waals surface area contributed by atoms with E-state index in [-0.39, 0.29) is 17.0 Å². The number of amides is 1. The van der Waals surface area contributed by atoms with Crippen LogP contribution < -0.4 is 5.32 Å². The third-order valence-electron chi connectivity index (χ3n) is 4.31. The molecule has 0 aliphatic rings. The fourth-order valence-corrected chi connectivity index (χ4v) is 3.45. The van der Waals surface area contributed by atoms with E-state index >= 15 is 0 Å². The fourth-order valence-electron chi connectivity index (χ4n) is 3.45. The second kappa shape index (κ2) is 6.31. The van der Waals surface area contributed by atoms with Crippen LogP contribution in [0.25, 0.3) is 22.0 Å². The Morgan fingerprint density at radius 1 is 0.846 bits per heavy atom. The van der Waals surface area contributed by atoms with Crippen LogP contribution in [0.4, 0.5) is 0 Å². The van der Waals surface area contributed by atoms with E-state index in [9.17, 15) is 4.79 Å². The van der Waals surface area contributed by atoms with Crippen molar-refractivity contribution in [1.29, 1.82) is 0 Å². The maximum Gasteiger partial charge on any atom is 0.269 e. The first-order valence-electron chi connectivity index (χ1n) is 9.11. The lowest BCUT2D eigenvalue weighted by molar-refractivity contribution is 0.0905. The maximum atomic E-state index is 13.4. The van der Waals surface area contributed by atoms with Gasteiger partial charge in [0.1, 0.15) is 5.69 Å². The molecular formula is C23H28N2O. The summed E-state index contributed by atoms with van der Waals surface area (Å²) in [5.41, 5.74) is 3.34. The van der Waals surface area contributed by atoms with Gasteiger partial charge in [-0.1, -0.05) is 48.5 Å². The monoisotopic (exact) mass is 348 g/mol. The summed E-state index contributed by atoms with van der Waals surface area (Å²) in [5.74, 6) is -0.0394. The molecule has 0 aliphatic heterocycles. The smallest absolute Gasteiger partial charge is 0.269 e. The van der Waals surface area contributed by atoms with Crippen molar-refractivity contribution < 1.29 is 4.79 Å². The van der Waals surface area contributed by atoms with Crippen LogP contribution in [-0.2, 0) is 5.54 Å². The highest BCUT2D eigenvalue weighted by Crippen LogP contribution is 2.38. The Hall–Kier alpha value is -2.55. The van der Waals surface area contributed by atoms with Gasteiger partial charge in [-0.25, -0.2) is 0 Å². The van der Waals surface area contributed by atoms with Gasteiger partial charge in [0.2, 0.25) is 0 Å². The molecule has 26 heavy (non-hydrogen) atoms. The zero-order valence-electron chi connectivity index (χ0n) is 16.6. The molecule has 1 aromatic heterocycles. The number of para-hydroxylation sites is 1. The average Bonchev–Trinajstić information content (AvgIpc) is 2.89. The van der Waals surface area contributed by atoms with Gasteiger partial charge in [0, 0.05) is 27.5 Å². The summed E-state index contributed by atoms with van der Waals surface area (Å²) in [5, 5.41) is 4.26. The Balaban J connectivity index is 2.41. The summed E-state index contributed by atoms with van der Waals surface area (Å²) in [6, 6.07) is 18.5. The van der Waals surface area contributed by atoms with E-state index in [2.05, 4.69) is 54.9 Å². The lowest BCUT2D eigenvalue weighted by atomic mass is 10.0. The Kier molecular flexibility index (Phi) is 4.43. The van der Waals surface area contributed by atoms with Crippen LogP contribution >= 0.6 is 0 Å². The van der Waals surface area contributed by atoms with Crippen molar-refractivity contribution in [2.24, 2.45) is 0 Å². The molecule has 0 bridgehead atoms. The van der Waals surface area contributed by atoms with E-state index in [4.69, 9.17) is 0 Å². The Morgan fingerprint density at radius 2 is 1.42 bits per heavy atom. The molecule has 0 fully saturated rings. The van der Waals surface area contributed by atoms with Gasteiger partial charge in [-0.05, 0) is 53.2 Å². The van der Waals surface area contributed by atoms with Crippen LogP contribution in [0.15, 0.2) is 54.6 Å². The Morgan fingerprint density at radius 3 is 2.00 bits per heavy atom. The minimum absolute atomic E-state index is 0.0394. The van der Waals surface area contributed by atoms with Crippen molar-refractivity contribution in [3.05, 3.63) is 60.3 Å². The highest BCUT2D eigenvalue weighted by molar-refractivity contribution is 6.10. The molecule has 0 unspecified atom stereocenters. The first-order valence-corrected chi connectivity index (χ1v) is 9.11. The number of carbonyl (C=O) groups excluding carboxylic acids is 1. The molecule has 0 saturated carbocycles. The van der Waals surface area contributed by atoms with Crippen LogP contribution in [0.1, 0.15) is 52.0 Å². The van der Waals surface area contributed by atoms with Gasteiger partial charge in [0.25, 0.3) is 5.91 Å². The number of aromatic nitrogens is 1. The average molecular weight is 348 g/mol. The van der Waals surface area contributed by atoms with Gasteiger partial charge in [-0.3, -0.25) is 4.79 Å². The van der Waals surface area contributed by atoms with Crippen molar-refractivity contribution in [3.8, 4) is 11.1 Å². The largest absolute Gasteiger partial charge is 0.346 e. The number of hydrogen-bond acceptors (Lipinski definition) is 1. The fraction of sp³-hybridized carbons (Fsp3) is 0.348. The van der Waals surface area contributed by atoms with Crippen LogP contribution in [0, 0.1) is 0 Å². The van der Waals surface area contributed by atoms with Crippen molar-refractivity contribution in [3.63, 3.8) is 0 Å². The normalized spacial score (nSPS) is 12.4. The van der Waals surface area contributed by atoms with Crippen molar-refractivity contribution in [1.82, 2.24) is 9.88 Å². The molecule has 136 valence electrons. The standard InChI is InChI=1S/C23H28N2O/c1-22(2,3)24-21(26)20-19(16-12-8-7-9-13-16)17-14-10-11-15-18(17)25(20)23(4,5)6/h7-15H,1-6H3,(H,24,26). The van der Waals surface area contributed by atoms with Gasteiger partial charge < -0.3 is 9.88 Å². The minimum Gasteiger partial charge on any atom is -0.346 e. The number of fused-ring (bicyclic) bond motifs is 1. The lowest BCUT2D eigenvalue weighted by Gasteiger charge is -2.28. The van der Waals surface area contributed by atoms with E-state index in [0.29, 0.717) is 0 Å². The highest BCUT2D eigenvalue weighted by atomic mass is 16.2. The van der Waals surface area contributed by atoms with E-state index in [0.717, 1.165) is 27.7 Å². The molecule has 0 radical (unpaired) electrons. The van der Waals surface area contributed by atoms with E-state index in [1.54, 1.807) is 0 Å². The highest BCUT2D eigenvalue weighted by Gasteiger charge is 2.30. The van der Waals surface area contributed by atoms with E-state index < -0.39 is 0 Å². The minimum atomic E-state index is -0.301. The summed E-state index contributed by atoms with van der Waals surface area (Å²) in [7, 11) is 0. The van der Waals surface area contributed by atoms with Gasteiger partial charge in [0.05, 0.1) is 0 Å². The molecule has 3 aromatic rings. The summed E-state index contributed by atoms with van der Waals surface area (Å²) in [4.78, 5) is 13.4. The molecule has 1 heterocycles. The predicted molar refractivity (Wildman–Crippen MR) is 110 cm³/mol. The molecule has 1 N–H and O–H groups in total. The molecular weight excluding hydrogens is 320 g/mol. The molecule has 0 spiro atoms. The summed E-state index contributed by atoms with van der Waals surface area (Å²) < 4.78 is 2.17. The zero-order valence-corrected chi connectivity index (χ0v) is 16.6. The van der Waals surface area contributed by atoms with Crippen molar-refractivity contribution >= 4 is 16.8 Å². The molecule has 0 aliphatic carbocycles. The van der Waals surface area contributed by atoms with Crippen LogP contribution in [0.3, 0.4) is 0 Å². The van der Waals surface area contributed by atoms with Gasteiger partial charge >= 0.3 is 0 Å². The topological polar surface area (TPSA) is 34.0 Å². The van der Waals surface area contributed by atoms with Crippen LogP contribution in [0.2, 0.25) is 0 Å². The second-order valence-corrected chi connectivity index (χ2v) is 8.82. The zero-order chi connectivity index (χ0) is 19.1. The lowest BCUT2D eigenvalue weighted by Crippen LogP contribution is -2.42. The van der Waals surface area contributed by atoms with Gasteiger partial charge in [-0.2, -0.15) is 0 Å². The SMILES string of the molecule is CC(C)(C)NC(=O)c1c(-c2ccccc2)c2ccccc2n1C(C)(C)C. The molecule has 3 nitrogen and oxygen atoms in total. The molecule has 3 rings (SSSR count). The summed E-state index contributed by atoms with van der Waals surface area (Å²) in [6.07, 6.45) is 0. The number of hydrogen-bond donors (Lipinski definition) is 1. The number of nitrogens with zero attached hydrogens (tertiary/aromatic N) is 1.